The molecule has 0 amide bonds. The molecule has 1 fully saturated rings. The highest BCUT2D eigenvalue weighted by molar-refractivity contribution is 5.48. The summed E-state index contributed by atoms with van der Waals surface area (Å²) < 4.78 is 5.43. The standard InChI is InChI=1S/C13H19NO2/c1-11(15)12-3-5-13(6-4-12)14-7-2-9-16-10-8-14/h3-6,11,15H,2,7-10H2,1H3. The Morgan fingerprint density at radius 1 is 1.19 bits per heavy atom. The lowest BCUT2D eigenvalue weighted by Gasteiger charge is -2.22. The molecule has 0 aliphatic carbocycles. The molecule has 0 saturated carbocycles. The zero-order valence-electron chi connectivity index (χ0n) is 9.72. The highest BCUT2D eigenvalue weighted by atomic mass is 16.5. The largest absolute Gasteiger partial charge is 0.389 e. The normalized spacial score (nSPS) is 19.2. The molecular formula is C13H19NO2. The molecule has 1 aliphatic rings. The molecular weight excluding hydrogens is 202 g/mol. The predicted octanol–water partition coefficient (Wildman–Crippen LogP) is 1.97. The van der Waals surface area contributed by atoms with Crippen LogP contribution in [0.5, 0.6) is 0 Å². The van der Waals surface area contributed by atoms with E-state index in [1.54, 1.807) is 6.92 Å². The Hall–Kier alpha value is -1.06. The van der Waals surface area contributed by atoms with Crippen LogP contribution in [-0.4, -0.2) is 31.4 Å². The third kappa shape index (κ3) is 2.74. The van der Waals surface area contributed by atoms with E-state index in [2.05, 4.69) is 17.0 Å². The first-order valence-corrected chi connectivity index (χ1v) is 5.88. The van der Waals surface area contributed by atoms with Crippen molar-refractivity contribution in [2.24, 2.45) is 0 Å². The number of aliphatic hydroxyl groups excluding tert-OH is 1. The first kappa shape index (κ1) is 11.4. The maximum atomic E-state index is 9.44. The topological polar surface area (TPSA) is 32.7 Å². The van der Waals surface area contributed by atoms with E-state index in [0.717, 1.165) is 38.3 Å². The number of rotatable bonds is 2. The van der Waals surface area contributed by atoms with Gasteiger partial charge in [0.25, 0.3) is 0 Å². The van der Waals surface area contributed by atoms with Crippen molar-refractivity contribution in [2.75, 3.05) is 31.2 Å². The minimum Gasteiger partial charge on any atom is -0.389 e. The van der Waals surface area contributed by atoms with Crippen molar-refractivity contribution in [3.05, 3.63) is 29.8 Å². The summed E-state index contributed by atoms with van der Waals surface area (Å²) in [4.78, 5) is 2.33. The van der Waals surface area contributed by atoms with E-state index in [9.17, 15) is 5.11 Å². The van der Waals surface area contributed by atoms with E-state index in [0.29, 0.717) is 0 Å². The van der Waals surface area contributed by atoms with E-state index in [1.807, 2.05) is 12.1 Å². The first-order valence-electron chi connectivity index (χ1n) is 5.88. The molecule has 1 aromatic rings. The van der Waals surface area contributed by atoms with Crippen molar-refractivity contribution in [3.8, 4) is 0 Å². The maximum absolute atomic E-state index is 9.44. The van der Waals surface area contributed by atoms with Crippen LogP contribution in [0.25, 0.3) is 0 Å². The van der Waals surface area contributed by atoms with Crippen LogP contribution in [0.1, 0.15) is 25.0 Å². The van der Waals surface area contributed by atoms with Crippen molar-refractivity contribution in [2.45, 2.75) is 19.4 Å². The summed E-state index contributed by atoms with van der Waals surface area (Å²) in [5.74, 6) is 0. The number of aliphatic hydroxyl groups is 1. The van der Waals surface area contributed by atoms with Gasteiger partial charge in [-0.1, -0.05) is 12.1 Å². The fourth-order valence-electron chi connectivity index (χ4n) is 1.97. The third-order valence-electron chi connectivity index (χ3n) is 2.96. The van der Waals surface area contributed by atoms with Gasteiger partial charge in [-0.15, -0.1) is 0 Å². The third-order valence-corrected chi connectivity index (χ3v) is 2.96. The lowest BCUT2D eigenvalue weighted by molar-refractivity contribution is 0.152. The van der Waals surface area contributed by atoms with Crippen molar-refractivity contribution in [3.63, 3.8) is 0 Å². The number of ether oxygens (including phenoxy) is 1. The molecule has 0 aromatic heterocycles. The van der Waals surface area contributed by atoms with Crippen LogP contribution < -0.4 is 4.90 Å². The van der Waals surface area contributed by atoms with Gasteiger partial charge < -0.3 is 14.7 Å². The predicted molar refractivity (Wildman–Crippen MR) is 64.7 cm³/mol. The Kier molecular flexibility index (Phi) is 3.80. The van der Waals surface area contributed by atoms with Gasteiger partial charge in [-0.2, -0.15) is 0 Å². The van der Waals surface area contributed by atoms with Crippen LogP contribution >= 0.6 is 0 Å². The van der Waals surface area contributed by atoms with Gasteiger partial charge in [0.05, 0.1) is 12.7 Å². The molecule has 1 aliphatic heterocycles. The summed E-state index contributed by atoms with van der Waals surface area (Å²) in [6.45, 7) is 5.46. The van der Waals surface area contributed by atoms with Crippen LogP contribution in [0.3, 0.4) is 0 Å². The van der Waals surface area contributed by atoms with Crippen molar-refractivity contribution < 1.29 is 9.84 Å². The summed E-state index contributed by atoms with van der Waals surface area (Å²) in [6.07, 6.45) is 0.694. The fraction of sp³-hybridized carbons (Fsp3) is 0.538. The molecule has 1 unspecified atom stereocenters. The molecule has 88 valence electrons. The second kappa shape index (κ2) is 5.32. The van der Waals surface area contributed by atoms with E-state index in [1.165, 1.54) is 5.69 Å². The highest BCUT2D eigenvalue weighted by Crippen LogP contribution is 2.19. The van der Waals surface area contributed by atoms with Gasteiger partial charge >= 0.3 is 0 Å². The Morgan fingerprint density at radius 3 is 2.62 bits per heavy atom. The average molecular weight is 221 g/mol. The Morgan fingerprint density at radius 2 is 1.94 bits per heavy atom. The van der Waals surface area contributed by atoms with E-state index in [4.69, 9.17) is 4.74 Å². The SMILES string of the molecule is CC(O)c1ccc(N2CCCOCC2)cc1. The second-order valence-electron chi connectivity index (χ2n) is 4.22. The van der Waals surface area contributed by atoms with Gasteiger partial charge in [-0.05, 0) is 31.0 Å². The zero-order chi connectivity index (χ0) is 11.4. The van der Waals surface area contributed by atoms with Gasteiger partial charge in [0.2, 0.25) is 0 Å². The molecule has 0 spiro atoms. The quantitative estimate of drug-likeness (QED) is 0.828. The van der Waals surface area contributed by atoms with Gasteiger partial charge in [0, 0.05) is 25.4 Å². The lowest BCUT2D eigenvalue weighted by atomic mass is 10.1. The van der Waals surface area contributed by atoms with Crippen molar-refractivity contribution in [1.82, 2.24) is 0 Å². The Bertz CT molecular complexity index is 313. The van der Waals surface area contributed by atoms with Crippen molar-refractivity contribution >= 4 is 5.69 Å². The highest BCUT2D eigenvalue weighted by Gasteiger charge is 2.10. The summed E-state index contributed by atoms with van der Waals surface area (Å²) >= 11 is 0. The summed E-state index contributed by atoms with van der Waals surface area (Å²) in [5, 5.41) is 9.44. The minimum atomic E-state index is -0.387. The van der Waals surface area contributed by atoms with Crippen LogP contribution in [0.2, 0.25) is 0 Å². The molecule has 2 rings (SSSR count). The second-order valence-corrected chi connectivity index (χ2v) is 4.22. The summed E-state index contributed by atoms with van der Waals surface area (Å²) in [5.41, 5.74) is 2.18. The fourth-order valence-corrected chi connectivity index (χ4v) is 1.97. The zero-order valence-corrected chi connectivity index (χ0v) is 9.72. The van der Waals surface area contributed by atoms with Gasteiger partial charge in [-0.25, -0.2) is 0 Å². The molecule has 0 bridgehead atoms. The van der Waals surface area contributed by atoms with Crippen LogP contribution in [0.4, 0.5) is 5.69 Å². The number of hydrogen-bond donors (Lipinski definition) is 1. The molecule has 1 N–H and O–H groups in total. The van der Waals surface area contributed by atoms with Gasteiger partial charge in [0.15, 0.2) is 0 Å². The van der Waals surface area contributed by atoms with Gasteiger partial charge in [-0.3, -0.25) is 0 Å². The number of hydrogen-bond acceptors (Lipinski definition) is 3. The Labute approximate surface area is 96.6 Å². The molecule has 1 heterocycles. The molecule has 1 saturated heterocycles. The van der Waals surface area contributed by atoms with Gasteiger partial charge in [0.1, 0.15) is 0 Å². The maximum Gasteiger partial charge on any atom is 0.0761 e. The number of nitrogens with zero attached hydrogens (tertiary/aromatic N) is 1. The smallest absolute Gasteiger partial charge is 0.0761 e. The number of anilines is 1. The summed E-state index contributed by atoms with van der Waals surface area (Å²) in [6, 6.07) is 8.14. The average Bonchev–Trinajstić information content (AvgIpc) is 2.57. The van der Waals surface area contributed by atoms with E-state index in [-0.39, 0.29) is 6.10 Å². The molecule has 1 atom stereocenters. The molecule has 16 heavy (non-hydrogen) atoms. The van der Waals surface area contributed by atoms with Crippen LogP contribution in [-0.2, 0) is 4.74 Å². The summed E-state index contributed by atoms with van der Waals surface area (Å²) in [7, 11) is 0. The number of benzene rings is 1. The van der Waals surface area contributed by atoms with Crippen molar-refractivity contribution in [1.29, 1.82) is 0 Å². The minimum absolute atomic E-state index is 0.387. The lowest BCUT2D eigenvalue weighted by Crippen LogP contribution is -2.25. The monoisotopic (exact) mass is 221 g/mol. The van der Waals surface area contributed by atoms with E-state index >= 15 is 0 Å². The van der Waals surface area contributed by atoms with Crippen LogP contribution in [0, 0.1) is 0 Å². The molecule has 3 heteroatoms. The first-order chi connectivity index (χ1) is 7.77. The van der Waals surface area contributed by atoms with E-state index < -0.39 is 0 Å². The molecule has 3 nitrogen and oxygen atoms in total. The molecule has 1 aromatic carbocycles. The molecule has 0 radical (unpaired) electrons. The Balaban J connectivity index is 2.07. The van der Waals surface area contributed by atoms with Crippen LogP contribution in [0.15, 0.2) is 24.3 Å².